The van der Waals surface area contributed by atoms with Crippen LogP contribution in [0.3, 0.4) is 0 Å². The molecule has 1 aromatic heterocycles. The molecule has 88 valence electrons. The summed E-state index contributed by atoms with van der Waals surface area (Å²) >= 11 is 0. The number of anilines is 1. The first-order chi connectivity index (χ1) is 7.70. The van der Waals surface area contributed by atoms with Gasteiger partial charge in [0.25, 0.3) is 0 Å². The summed E-state index contributed by atoms with van der Waals surface area (Å²) < 4.78 is 0. The van der Waals surface area contributed by atoms with Crippen molar-refractivity contribution >= 4 is 5.82 Å². The molecule has 1 unspecified atom stereocenters. The van der Waals surface area contributed by atoms with Gasteiger partial charge in [-0.1, -0.05) is 0 Å². The highest BCUT2D eigenvalue weighted by Crippen LogP contribution is 2.35. The van der Waals surface area contributed by atoms with Crippen LogP contribution < -0.4 is 11.3 Å². The highest BCUT2D eigenvalue weighted by atomic mass is 15.2. The van der Waals surface area contributed by atoms with Crippen LogP contribution in [0.15, 0.2) is 18.3 Å². The lowest BCUT2D eigenvalue weighted by atomic mass is 10.1. The van der Waals surface area contributed by atoms with Crippen molar-refractivity contribution in [2.45, 2.75) is 32.4 Å². The van der Waals surface area contributed by atoms with Crippen LogP contribution in [0.5, 0.6) is 0 Å². The third kappa shape index (κ3) is 2.71. The van der Waals surface area contributed by atoms with Crippen LogP contribution in [-0.2, 0) is 6.54 Å². The largest absolute Gasteiger partial charge is 0.308 e. The Morgan fingerprint density at radius 2 is 2.38 bits per heavy atom. The highest BCUT2D eigenvalue weighted by Gasteiger charge is 2.30. The topological polar surface area (TPSA) is 54.2 Å². The van der Waals surface area contributed by atoms with Gasteiger partial charge in [-0.05, 0) is 50.4 Å². The maximum atomic E-state index is 5.34. The molecule has 0 aliphatic heterocycles. The second kappa shape index (κ2) is 4.80. The van der Waals surface area contributed by atoms with Gasteiger partial charge in [-0.3, -0.25) is 4.90 Å². The van der Waals surface area contributed by atoms with Crippen LogP contribution in [0.25, 0.3) is 0 Å². The standard InChI is InChI=1S/C12H20N4/c1-9(11-3-4-11)16(2)8-10-5-6-14-12(7-10)15-13/h5-7,9,11H,3-4,8,13H2,1-2H3,(H,14,15). The summed E-state index contributed by atoms with van der Waals surface area (Å²) in [6, 6.07) is 4.70. The summed E-state index contributed by atoms with van der Waals surface area (Å²) in [6.45, 7) is 3.26. The molecule has 1 aromatic rings. The Labute approximate surface area is 96.8 Å². The monoisotopic (exact) mass is 220 g/mol. The molecule has 4 heteroatoms. The zero-order chi connectivity index (χ0) is 11.5. The van der Waals surface area contributed by atoms with Crippen molar-refractivity contribution in [1.29, 1.82) is 0 Å². The number of hydrogen-bond acceptors (Lipinski definition) is 4. The zero-order valence-electron chi connectivity index (χ0n) is 9.98. The molecule has 0 spiro atoms. The Balaban J connectivity index is 1.96. The summed E-state index contributed by atoms with van der Waals surface area (Å²) in [5.41, 5.74) is 3.82. The molecule has 0 bridgehead atoms. The number of hydrazine groups is 1. The van der Waals surface area contributed by atoms with Gasteiger partial charge in [0.2, 0.25) is 0 Å². The van der Waals surface area contributed by atoms with Crippen LogP contribution >= 0.6 is 0 Å². The fourth-order valence-electron chi connectivity index (χ4n) is 2.02. The number of pyridine rings is 1. The number of nitrogen functional groups attached to an aromatic ring is 1. The second-order valence-corrected chi connectivity index (χ2v) is 4.69. The molecule has 0 saturated heterocycles. The van der Waals surface area contributed by atoms with E-state index in [9.17, 15) is 0 Å². The molecule has 0 radical (unpaired) electrons. The highest BCUT2D eigenvalue weighted by molar-refractivity contribution is 5.35. The third-order valence-electron chi connectivity index (χ3n) is 3.40. The molecule has 1 aliphatic rings. The van der Waals surface area contributed by atoms with Gasteiger partial charge in [0, 0.05) is 18.8 Å². The predicted molar refractivity (Wildman–Crippen MR) is 65.7 cm³/mol. The normalized spacial score (nSPS) is 17.5. The Kier molecular flexibility index (Phi) is 3.41. The van der Waals surface area contributed by atoms with Crippen molar-refractivity contribution < 1.29 is 0 Å². The minimum Gasteiger partial charge on any atom is -0.308 e. The average Bonchev–Trinajstić information content (AvgIpc) is 3.12. The van der Waals surface area contributed by atoms with Crippen LogP contribution in [0.2, 0.25) is 0 Å². The molecular weight excluding hydrogens is 200 g/mol. The van der Waals surface area contributed by atoms with Crippen LogP contribution in [-0.4, -0.2) is 23.0 Å². The van der Waals surface area contributed by atoms with Crippen LogP contribution in [0.1, 0.15) is 25.3 Å². The van der Waals surface area contributed by atoms with Crippen molar-refractivity contribution in [2.24, 2.45) is 11.8 Å². The van der Waals surface area contributed by atoms with Gasteiger partial charge < -0.3 is 5.43 Å². The van der Waals surface area contributed by atoms with E-state index in [2.05, 4.69) is 29.3 Å². The minimum absolute atomic E-state index is 0.669. The zero-order valence-corrected chi connectivity index (χ0v) is 9.98. The van der Waals surface area contributed by atoms with E-state index in [1.165, 1.54) is 18.4 Å². The van der Waals surface area contributed by atoms with E-state index in [-0.39, 0.29) is 0 Å². The van der Waals surface area contributed by atoms with E-state index in [1.54, 1.807) is 6.20 Å². The molecule has 2 rings (SSSR count). The van der Waals surface area contributed by atoms with Gasteiger partial charge in [-0.15, -0.1) is 0 Å². The van der Waals surface area contributed by atoms with Crippen molar-refractivity contribution in [3.8, 4) is 0 Å². The Morgan fingerprint density at radius 1 is 1.62 bits per heavy atom. The van der Waals surface area contributed by atoms with Crippen molar-refractivity contribution in [3.63, 3.8) is 0 Å². The molecule has 0 amide bonds. The number of aromatic nitrogens is 1. The summed E-state index contributed by atoms with van der Waals surface area (Å²) in [4.78, 5) is 6.50. The Morgan fingerprint density at radius 3 is 3.00 bits per heavy atom. The molecule has 1 fully saturated rings. The van der Waals surface area contributed by atoms with Gasteiger partial charge in [-0.2, -0.15) is 0 Å². The number of hydrogen-bond donors (Lipinski definition) is 2. The summed E-state index contributed by atoms with van der Waals surface area (Å²) in [5, 5.41) is 0. The van der Waals surface area contributed by atoms with E-state index in [0.29, 0.717) is 6.04 Å². The first-order valence-corrected chi connectivity index (χ1v) is 5.82. The van der Waals surface area contributed by atoms with Gasteiger partial charge in [0.15, 0.2) is 0 Å². The Bertz CT molecular complexity index is 349. The fraction of sp³-hybridized carbons (Fsp3) is 0.583. The summed E-state index contributed by atoms with van der Waals surface area (Å²) in [7, 11) is 2.18. The van der Waals surface area contributed by atoms with E-state index >= 15 is 0 Å². The molecule has 16 heavy (non-hydrogen) atoms. The lowest BCUT2D eigenvalue weighted by Crippen LogP contribution is -2.30. The number of rotatable bonds is 5. The number of nitrogens with one attached hydrogen (secondary N) is 1. The van der Waals surface area contributed by atoms with E-state index in [1.807, 2.05) is 12.1 Å². The fourth-order valence-corrected chi connectivity index (χ4v) is 2.02. The van der Waals surface area contributed by atoms with Crippen LogP contribution in [0, 0.1) is 5.92 Å². The molecule has 0 aromatic carbocycles. The molecule has 1 saturated carbocycles. The molecule has 4 nitrogen and oxygen atoms in total. The Hall–Kier alpha value is -1.13. The van der Waals surface area contributed by atoms with Gasteiger partial charge >= 0.3 is 0 Å². The van der Waals surface area contributed by atoms with Crippen molar-refractivity contribution in [3.05, 3.63) is 23.9 Å². The van der Waals surface area contributed by atoms with Crippen molar-refractivity contribution in [2.75, 3.05) is 12.5 Å². The average molecular weight is 220 g/mol. The smallest absolute Gasteiger partial charge is 0.140 e. The molecule has 1 heterocycles. The summed E-state index contributed by atoms with van der Waals surface area (Å²) in [5.74, 6) is 6.97. The van der Waals surface area contributed by atoms with Gasteiger partial charge in [-0.25, -0.2) is 10.8 Å². The number of nitrogens with zero attached hydrogens (tertiary/aromatic N) is 2. The minimum atomic E-state index is 0.669. The summed E-state index contributed by atoms with van der Waals surface area (Å²) in [6.07, 6.45) is 4.56. The maximum absolute atomic E-state index is 5.34. The molecular formula is C12H20N4. The first kappa shape index (κ1) is 11.4. The second-order valence-electron chi connectivity index (χ2n) is 4.69. The quantitative estimate of drug-likeness (QED) is 0.584. The first-order valence-electron chi connectivity index (χ1n) is 5.82. The van der Waals surface area contributed by atoms with E-state index in [4.69, 9.17) is 5.84 Å². The van der Waals surface area contributed by atoms with Gasteiger partial charge in [0.05, 0.1) is 0 Å². The molecule has 3 N–H and O–H groups in total. The van der Waals surface area contributed by atoms with Crippen LogP contribution in [0.4, 0.5) is 5.82 Å². The maximum Gasteiger partial charge on any atom is 0.140 e. The third-order valence-corrected chi connectivity index (χ3v) is 3.40. The SMILES string of the molecule is CC(C1CC1)N(C)Cc1ccnc(NN)c1. The predicted octanol–water partition coefficient (Wildman–Crippen LogP) is 1.60. The molecule has 1 aliphatic carbocycles. The molecule has 1 atom stereocenters. The number of nitrogens with two attached hydrogens (primary N) is 1. The van der Waals surface area contributed by atoms with E-state index < -0.39 is 0 Å². The lowest BCUT2D eigenvalue weighted by molar-refractivity contribution is 0.226. The van der Waals surface area contributed by atoms with Crippen molar-refractivity contribution in [1.82, 2.24) is 9.88 Å². The lowest BCUT2D eigenvalue weighted by Gasteiger charge is -2.24. The van der Waals surface area contributed by atoms with E-state index in [0.717, 1.165) is 18.3 Å². The van der Waals surface area contributed by atoms with Gasteiger partial charge in [0.1, 0.15) is 5.82 Å².